The van der Waals surface area contributed by atoms with Gasteiger partial charge in [0.1, 0.15) is 0 Å². The Balaban J connectivity index is 2.04. The molecule has 0 aromatic rings. The third-order valence-electron chi connectivity index (χ3n) is 5.44. The number of rotatable bonds is 6. The van der Waals surface area contributed by atoms with Crippen LogP contribution < -0.4 is 5.32 Å². The number of hydrogen-bond donors (Lipinski definition) is 1. The minimum Gasteiger partial charge on any atom is -0.342 e. The third-order valence-corrected chi connectivity index (χ3v) is 5.44. The maximum atomic E-state index is 12.9. The van der Waals surface area contributed by atoms with Crippen molar-refractivity contribution in [1.82, 2.24) is 15.1 Å². The second-order valence-corrected chi connectivity index (χ2v) is 7.00. The van der Waals surface area contributed by atoms with E-state index in [1.807, 2.05) is 11.9 Å². The van der Waals surface area contributed by atoms with Gasteiger partial charge in [-0.15, -0.1) is 0 Å². The van der Waals surface area contributed by atoms with Crippen LogP contribution in [0, 0.1) is 0 Å². The van der Waals surface area contributed by atoms with Crippen LogP contribution in [0.1, 0.15) is 51.9 Å². The van der Waals surface area contributed by atoms with Crippen molar-refractivity contribution in [2.45, 2.75) is 62.9 Å². The molecule has 116 valence electrons. The molecule has 4 heteroatoms. The van der Waals surface area contributed by atoms with E-state index >= 15 is 0 Å². The van der Waals surface area contributed by atoms with Gasteiger partial charge in [0.15, 0.2) is 0 Å². The molecule has 4 nitrogen and oxygen atoms in total. The summed E-state index contributed by atoms with van der Waals surface area (Å²) in [6.45, 7) is 4.02. The van der Waals surface area contributed by atoms with E-state index in [1.54, 1.807) is 0 Å². The summed E-state index contributed by atoms with van der Waals surface area (Å²) in [4.78, 5) is 17.2. The Labute approximate surface area is 123 Å². The Kier molecular flexibility index (Phi) is 4.75. The lowest BCUT2D eigenvalue weighted by molar-refractivity contribution is -0.139. The fourth-order valence-electron chi connectivity index (χ4n) is 3.95. The molecule has 2 fully saturated rings. The van der Waals surface area contributed by atoms with Crippen molar-refractivity contribution in [3.63, 3.8) is 0 Å². The van der Waals surface area contributed by atoms with Crippen LogP contribution in [0.25, 0.3) is 0 Å². The van der Waals surface area contributed by atoms with Gasteiger partial charge >= 0.3 is 0 Å². The first-order chi connectivity index (χ1) is 9.46. The van der Waals surface area contributed by atoms with E-state index in [0.717, 1.165) is 38.8 Å². The predicted octanol–water partition coefficient (Wildman–Crippen LogP) is 1.85. The standard InChI is InChI=1S/C16H31N3O/c1-5-8-16(11-7-12-17-16)14(20)19(4)13-15(18(2)3)9-6-10-15/h17H,5-13H2,1-4H3. The second kappa shape index (κ2) is 6.02. The minimum atomic E-state index is -0.277. The molecular formula is C16H31N3O. The Bertz CT molecular complexity index is 344. The first-order valence-corrected chi connectivity index (χ1v) is 8.14. The Morgan fingerprint density at radius 2 is 1.85 bits per heavy atom. The van der Waals surface area contributed by atoms with Crippen LogP contribution in [0.2, 0.25) is 0 Å². The summed E-state index contributed by atoms with van der Waals surface area (Å²) >= 11 is 0. The molecule has 0 radical (unpaired) electrons. The smallest absolute Gasteiger partial charge is 0.242 e. The fraction of sp³-hybridized carbons (Fsp3) is 0.938. The molecule has 1 unspecified atom stereocenters. The first kappa shape index (κ1) is 15.8. The highest BCUT2D eigenvalue weighted by Gasteiger charge is 2.45. The monoisotopic (exact) mass is 281 g/mol. The molecule has 1 atom stereocenters. The van der Waals surface area contributed by atoms with Gasteiger partial charge in [-0.3, -0.25) is 4.79 Å². The van der Waals surface area contributed by atoms with E-state index < -0.39 is 0 Å². The van der Waals surface area contributed by atoms with Gasteiger partial charge in [0, 0.05) is 19.1 Å². The van der Waals surface area contributed by atoms with E-state index in [1.165, 1.54) is 19.3 Å². The largest absolute Gasteiger partial charge is 0.342 e. The Hall–Kier alpha value is -0.610. The molecule has 2 aliphatic rings. The van der Waals surface area contributed by atoms with Gasteiger partial charge in [0.05, 0.1) is 5.54 Å². The number of nitrogens with one attached hydrogen (secondary N) is 1. The highest BCUT2D eigenvalue weighted by molar-refractivity contribution is 5.86. The summed E-state index contributed by atoms with van der Waals surface area (Å²) in [6, 6.07) is 0. The highest BCUT2D eigenvalue weighted by atomic mass is 16.2. The van der Waals surface area contributed by atoms with Crippen molar-refractivity contribution >= 4 is 5.91 Å². The zero-order chi connectivity index (χ0) is 14.8. The molecule has 1 aliphatic carbocycles. The van der Waals surface area contributed by atoms with Crippen LogP contribution >= 0.6 is 0 Å². The summed E-state index contributed by atoms with van der Waals surface area (Å²) in [5, 5.41) is 3.50. The van der Waals surface area contributed by atoms with Gasteiger partial charge in [-0.05, 0) is 59.2 Å². The lowest BCUT2D eigenvalue weighted by Gasteiger charge is -2.50. The molecule has 1 heterocycles. The summed E-state index contributed by atoms with van der Waals surface area (Å²) in [7, 11) is 6.28. The molecule has 1 saturated heterocycles. The molecule has 1 aliphatic heterocycles. The normalized spacial score (nSPS) is 28.4. The number of carbonyl (C=O) groups excluding carboxylic acids is 1. The van der Waals surface area contributed by atoms with Crippen molar-refractivity contribution in [2.24, 2.45) is 0 Å². The quantitative estimate of drug-likeness (QED) is 0.807. The SMILES string of the molecule is CCCC1(C(=O)N(C)CC2(N(C)C)CCC2)CCCN1. The van der Waals surface area contributed by atoms with Crippen molar-refractivity contribution < 1.29 is 4.79 Å². The average Bonchev–Trinajstić information content (AvgIpc) is 2.82. The number of likely N-dealkylation sites (N-methyl/N-ethyl adjacent to an activating group) is 2. The summed E-state index contributed by atoms with van der Waals surface area (Å²) in [5.74, 6) is 0.310. The number of hydrogen-bond acceptors (Lipinski definition) is 3. The van der Waals surface area contributed by atoms with Crippen LogP contribution in [0.4, 0.5) is 0 Å². The van der Waals surface area contributed by atoms with Crippen molar-refractivity contribution in [2.75, 3.05) is 34.2 Å². The van der Waals surface area contributed by atoms with Gasteiger partial charge in [0.25, 0.3) is 0 Å². The molecule has 0 spiro atoms. The molecule has 0 aromatic heterocycles. The van der Waals surface area contributed by atoms with Crippen LogP contribution in [-0.2, 0) is 4.79 Å². The van der Waals surface area contributed by atoms with Crippen molar-refractivity contribution in [3.8, 4) is 0 Å². The van der Waals surface area contributed by atoms with E-state index in [4.69, 9.17) is 0 Å². The molecule has 0 bridgehead atoms. The van der Waals surface area contributed by atoms with Crippen LogP contribution in [0.3, 0.4) is 0 Å². The molecule has 1 saturated carbocycles. The van der Waals surface area contributed by atoms with Crippen LogP contribution in [0.5, 0.6) is 0 Å². The second-order valence-electron chi connectivity index (χ2n) is 7.00. The highest BCUT2D eigenvalue weighted by Crippen LogP contribution is 2.37. The summed E-state index contributed by atoms with van der Waals surface area (Å²) in [6.07, 6.45) is 7.87. The summed E-state index contributed by atoms with van der Waals surface area (Å²) in [5.41, 5.74) is -0.0584. The maximum Gasteiger partial charge on any atom is 0.242 e. The molecule has 1 amide bonds. The molecule has 2 rings (SSSR count). The molecule has 0 aromatic carbocycles. The Morgan fingerprint density at radius 1 is 1.15 bits per heavy atom. The zero-order valence-corrected chi connectivity index (χ0v) is 13.7. The van der Waals surface area contributed by atoms with Gasteiger partial charge in [-0.1, -0.05) is 13.3 Å². The minimum absolute atomic E-state index is 0.219. The van der Waals surface area contributed by atoms with E-state index in [0.29, 0.717) is 5.91 Å². The van der Waals surface area contributed by atoms with E-state index in [9.17, 15) is 4.79 Å². The maximum absolute atomic E-state index is 12.9. The molecular weight excluding hydrogens is 250 g/mol. The van der Waals surface area contributed by atoms with E-state index in [2.05, 4.69) is 31.2 Å². The summed E-state index contributed by atoms with van der Waals surface area (Å²) < 4.78 is 0. The lowest BCUT2D eigenvalue weighted by Crippen LogP contribution is -2.61. The predicted molar refractivity (Wildman–Crippen MR) is 82.8 cm³/mol. The van der Waals surface area contributed by atoms with Crippen molar-refractivity contribution in [3.05, 3.63) is 0 Å². The molecule has 1 N–H and O–H groups in total. The van der Waals surface area contributed by atoms with Gasteiger partial charge < -0.3 is 15.1 Å². The first-order valence-electron chi connectivity index (χ1n) is 8.14. The van der Waals surface area contributed by atoms with E-state index in [-0.39, 0.29) is 11.1 Å². The molecule has 20 heavy (non-hydrogen) atoms. The van der Waals surface area contributed by atoms with Crippen LogP contribution in [0.15, 0.2) is 0 Å². The van der Waals surface area contributed by atoms with Gasteiger partial charge in [-0.2, -0.15) is 0 Å². The van der Waals surface area contributed by atoms with Gasteiger partial charge in [0.2, 0.25) is 5.91 Å². The third kappa shape index (κ3) is 2.73. The Morgan fingerprint density at radius 3 is 2.25 bits per heavy atom. The fourth-order valence-corrected chi connectivity index (χ4v) is 3.95. The lowest BCUT2D eigenvalue weighted by atomic mass is 9.75. The average molecular weight is 281 g/mol. The number of carbonyl (C=O) groups is 1. The zero-order valence-electron chi connectivity index (χ0n) is 13.7. The number of amides is 1. The number of nitrogens with zero attached hydrogens (tertiary/aromatic N) is 2. The van der Waals surface area contributed by atoms with Gasteiger partial charge in [-0.25, -0.2) is 0 Å². The topological polar surface area (TPSA) is 35.6 Å². The van der Waals surface area contributed by atoms with Crippen molar-refractivity contribution in [1.29, 1.82) is 0 Å². The van der Waals surface area contributed by atoms with Crippen LogP contribution in [-0.4, -0.2) is 61.0 Å².